The third kappa shape index (κ3) is 2.58. The lowest BCUT2D eigenvalue weighted by Crippen LogP contribution is -2.12. The number of esters is 1. The number of nitrogens with zero attached hydrogens (tertiary/aromatic N) is 1. The lowest BCUT2D eigenvalue weighted by Gasteiger charge is -2.16. The molecule has 0 radical (unpaired) electrons. The van der Waals surface area contributed by atoms with Crippen LogP contribution in [0.5, 0.6) is 0 Å². The summed E-state index contributed by atoms with van der Waals surface area (Å²) in [6.07, 6.45) is 1.36. The minimum absolute atomic E-state index is 0.202. The standard InChI is InChI=1S/C15H17NO3/c1-4-19-15(17)12-9-16-13-8-6-5-7-11(13)14(12)10(2)18-3/h5-10H,4H2,1-3H3. The molecule has 19 heavy (non-hydrogen) atoms. The Labute approximate surface area is 112 Å². The monoisotopic (exact) mass is 259 g/mol. The molecule has 1 aromatic heterocycles. The Morgan fingerprint density at radius 1 is 1.37 bits per heavy atom. The maximum absolute atomic E-state index is 12.0. The summed E-state index contributed by atoms with van der Waals surface area (Å²) >= 11 is 0. The van der Waals surface area contributed by atoms with Gasteiger partial charge in [-0.3, -0.25) is 4.98 Å². The van der Waals surface area contributed by atoms with E-state index in [1.54, 1.807) is 20.2 Å². The van der Waals surface area contributed by atoms with E-state index in [1.165, 1.54) is 0 Å². The Morgan fingerprint density at radius 2 is 2.11 bits per heavy atom. The zero-order chi connectivity index (χ0) is 13.8. The molecule has 4 nitrogen and oxygen atoms in total. The number of methoxy groups -OCH3 is 1. The number of ether oxygens (including phenoxy) is 2. The van der Waals surface area contributed by atoms with Crippen LogP contribution in [0.3, 0.4) is 0 Å². The second-order valence-corrected chi connectivity index (χ2v) is 4.20. The highest BCUT2D eigenvalue weighted by atomic mass is 16.5. The number of hydrogen-bond acceptors (Lipinski definition) is 4. The lowest BCUT2D eigenvalue weighted by atomic mass is 9.99. The SMILES string of the molecule is CCOC(=O)c1cnc2ccccc2c1C(C)OC. The summed E-state index contributed by atoms with van der Waals surface area (Å²) < 4.78 is 10.5. The number of carbonyl (C=O) groups is 1. The topological polar surface area (TPSA) is 48.4 Å². The van der Waals surface area contributed by atoms with E-state index >= 15 is 0 Å². The Balaban J connectivity index is 2.66. The number of carbonyl (C=O) groups excluding carboxylic acids is 1. The van der Waals surface area contributed by atoms with Crippen molar-refractivity contribution < 1.29 is 14.3 Å². The summed E-state index contributed by atoms with van der Waals surface area (Å²) in [7, 11) is 1.62. The van der Waals surface area contributed by atoms with Crippen molar-refractivity contribution in [3.63, 3.8) is 0 Å². The number of hydrogen-bond donors (Lipinski definition) is 0. The third-order valence-electron chi connectivity index (χ3n) is 3.07. The van der Waals surface area contributed by atoms with E-state index in [9.17, 15) is 4.79 Å². The van der Waals surface area contributed by atoms with Crippen molar-refractivity contribution in [3.8, 4) is 0 Å². The van der Waals surface area contributed by atoms with E-state index in [2.05, 4.69) is 4.98 Å². The van der Waals surface area contributed by atoms with Crippen LogP contribution in [0.1, 0.15) is 35.9 Å². The molecule has 0 saturated carbocycles. The molecule has 1 unspecified atom stereocenters. The van der Waals surface area contributed by atoms with Crippen LogP contribution < -0.4 is 0 Å². The van der Waals surface area contributed by atoms with Gasteiger partial charge >= 0.3 is 5.97 Å². The highest BCUT2D eigenvalue weighted by Gasteiger charge is 2.20. The van der Waals surface area contributed by atoms with Gasteiger partial charge in [0.2, 0.25) is 0 Å². The molecule has 0 aliphatic rings. The van der Waals surface area contributed by atoms with Gasteiger partial charge in [-0.2, -0.15) is 0 Å². The zero-order valence-corrected chi connectivity index (χ0v) is 11.3. The second-order valence-electron chi connectivity index (χ2n) is 4.20. The molecule has 1 aromatic carbocycles. The number of para-hydroxylation sites is 1. The molecule has 2 rings (SSSR count). The van der Waals surface area contributed by atoms with Gasteiger partial charge in [0.05, 0.1) is 23.8 Å². The van der Waals surface area contributed by atoms with Gasteiger partial charge in [0.25, 0.3) is 0 Å². The molecule has 0 N–H and O–H groups in total. The second kappa shape index (κ2) is 5.80. The van der Waals surface area contributed by atoms with Crippen molar-refractivity contribution in [1.29, 1.82) is 0 Å². The Kier molecular flexibility index (Phi) is 4.12. The largest absolute Gasteiger partial charge is 0.462 e. The summed E-state index contributed by atoms with van der Waals surface area (Å²) in [5.41, 5.74) is 2.14. The summed E-state index contributed by atoms with van der Waals surface area (Å²) in [5.74, 6) is -0.361. The summed E-state index contributed by atoms with van der Waals surface area (Å²) in [5, 5.41) is 0.919. The van der Waals surface area contributed by atoms with E-state index in [4.69, 9.17) is 9.47 Å². The molecule has 0 bridgehead atoms. The van der Waals surface area contributed by atoms with Crippen molar-refractivity contribution >= 4 is 16.9 Å². The van der Waals surface area contributed by atoms with Crippen LogP contribution in [0.4, 0.5) is 0 Å². The van der Waals surface area contributed by atoms with Crippen LogP contribution in [0.25, 0.3) is 10.9 Å². The number of pyridine rings is 1. The Morgan fingerprint density at radius 3 is 2.79 bits per heavy atom. The van der Waals surface area contributed by atoms with Crippen LogP contribution in [0.2, 0.25) is 0 Å². The van der Waals surface area contributed by atoms with Crippen LogP contribution in [-0.4, -0.2) is 24.7 Å². The van der Waals surface area contributed by atoms with E-state index in [1.807, 2.05) is 31.2 Å². The number of benzene rings is 1. The molecule has 1 atom stereocenters. The molecule has 0 saturated heterocycles. The zero-order valence-electron chi connectivity index (χ0n) is 11.3. The van der Waals surface area contributed by atoms with Gasteiger partial charge in [0.1, 0.15) is 0 Å². The quantitative estimate of drug-likeness (QED) is 0.791. The van der Waals surface area contributed by atoms with Crippen LogP contribution in [-0.2, 0) is 9.47 Å². The van der Waals surface area contributed by atoms with E-state index < -0.39 is 0 Å². The summed E-state index contributed by atoms with van der Waals surface area (Å²) in [6, 6.07) is 7.69. The minimum atomic E-state index is -0.361. The van der Waals surface area contributed by atoms with Crippen molar-refractivity contribution in [1.82, 2.24) is 4.98 Å². The van der Waals surface area contributed by atoms with Crippen molar-refractivity contribution in [2.24, 2.45) is 0 Å². The van der Waals surface area contributed by atoms with Gasteiger partial charge in [-0.15, -0.1) is 0 Å². The smallest absolute Gasteiger partial charge is 0.340 e. The average molecular weight is 259 g/mol. The van der Waals surface area contributed by atoms with Crippen LogP contribution in [0.15, 0.2) is 30.5 Å². The van der Waals surface area contributed by atoms with Crippen LogP contribution >= 0.6 is 0 Å². The Hall–Kier alpha value is -1.94. The average Bonchev–Trinajstić information content (AvgIpc) is 2.45. The first-order valence-electron chi connectivity index (χ1n) is 6.26. The molecule has 0 amide bonds. The van der Waals surface area contributed by atoms with Gasteiger partial charge in [0.15, 0.2) is 0 Å². The summed E-state index contributed by atoms with van der Waals surface area (Å²) in [4.78, 5) is 16.3. The van der Waals surface area contributed by atoms with E-state index in [-0.39, 0.29) is 12.1 Å². The minimum Gasteiger partial charge on any atom is -0.462 e. The first-order valence-corrected chi connectivity index (χ1v) is 6.26. The lowest BCUT2D eigenvalue weighted by molar-refractivity contribution is 0.0515. The fourth-order valence-corrected chi connectivity index (χ4v) is 2.09. The van der Waals surface area contributed by atoms with Gasteiger partial charge in [-0.1, -0.05) is 18.2 Å². The maximum atomic E-state index is 12.0. The normalized spacial score (nSPS) is 12.4. The molecular weight excluding hydrogens is 242 g/mol. The molecule has 0 aliphatic heterocycles. The third-order valence-corrected chi connectivity index (χ3v) is 3.07. The highest BCUT2D eigenvalue weighted by molar-refractivity contribution is 5.97. The van der Waals surface area contributed by atoms with E-state index in [0.29, 0.717) is 12.2 Å². The van der Waals surface area contributed by atoms with E-state index in [0.717, 1.165) is 16.5 Å². The first kappa shape index (κ1) is 13.5. The molecule has 1 heterocycles. The number of aromatic nitrogens is 1. The molecule has 0 fully saturated rings. The predicted molar refractivity (Wildman–Crippen MR) is 73.1 cm³/mol. The van der Waals surface area contributed by atoms with Gasteiger partial charge in [-0.25, -0.2) is 4.79 Å². The molecule has 0 aliphatic carbocycles. The van der Waals surface area contributed by atoms with Crippen molar-refractivity contribution in [2.75, 3.05) is 13.7 Å². The Bertz CT molecular complexity index is 595. The first-order chi connectivity index (χ1) is 9.19. The molecule has 2 aromatic rings. The fourth-order valence-electron chi connectivity index (χ4n) is 2.09. The predicted octanol–water partition coefficient (Wildman–Crippen LogP) is 3.12. The molecule has 100 valence electrons. The molecular formula is C15H17NO3. The van der Waals surface area contributed by atoms with Crippen molar-refractivity contribution in [3.05, 3.63) is 41.6 Å². The van der Waals surface area contributed by atoms with Gasteiger partial charge in [0, 0.05) is 24.3 Å². The number of rotatable bonds is 4. The van der Waals surface area contributed by atoms with Gasteiger partial charge < -0.3 is 9.47 Å². The molecule has 0 spiro atoms. The van der Waals surface area contributed by atoms with Crippen molar-refractivity contribution in [2.45, 2.75) is 20.0 Å². The van der Waals surface area contributed by atoms with Gasteiger partial charge in [-0.05, 0) is 19.9 Å². The highest BCUT2D eigenvalue weighted by Crippen LogP contribution is 2.28. The maximum Gasteiger partial charge on any atom is 0.340 e. The fraction of sp³-hybridized carbons (Fsp3) is 0.333. The molecule has 4 heteroatoms. The van der Waals surface area contributed by atoms with Crippen LogP contribution in [0, 0.1) is 0 Å². The summed E-state index contributed by atoms with van der Waals surface area (Å²) in [6.45, 7) is 4.03. The number of fused-ring (bicyclic) bond motifs is 1.